The van der Waals surface area contributed by atoms with Crippen LogP contribution in [0, 0.1) is 0 Å². The molecule has 3 aromatic carbocycles. The van der Waals surface area contributed by atoms with E-state index in [-0.39, 0.29) is 24.7 Å². The van der Waals surface area contributed by atoms with Crippen LogP contribution in [0.5, 0.6) is 0 Å². The van der Waals surface area contributed by atoms with E-state index in [1.165, 1.54) is 0 Å². The Balaban J connectivity index is 1.38. The summed E-state index contributed by atoms with van der Waals surface area (Å²) in [5.41, 5.74) is 8.96. The van der Waals surface area contributed by atoms with Crippen molar-refractivity contribution in [1.82, 2.24) is 0 Å². The fourth-order valence-corrected chi connectivity index (χ4v) is 3.69. The van der Waals surface area contributed by atoms with Gasteiger partial charge in [-0.1, -0.05) is 66.7 Å². The summed E-state index contributed by atoms with van der Waals surface area (Å²) >= 11 is 0. The Bertz CT molecular complexity index is 1140. The van der Waals surface area contributed by atoms with Gasteiger partial charge in [0.25, 0.3) is 0 Å². The van der Waals surface area contributed by atoms with Crippen LogP contribution in [-0.4, -0.2) is 36.7 Å². The molecular weight excluding hydrogens is 392 g/mol. The number of fused-ring (bicyclic) bond motifs is 2. The van der Waals surface area contributed by atoms with Crippen LogP contribution in [0.1, 0.15) is 37.4 Å². The lowest BCUT2D eigenvalue weighted by Gasteiger charge is -2.20. The number of hydrogen-bond donors (Lipinski definition) is 2. The SMILES string of the molecule is N[C@@H](Cc1ccccc1)C(=O)OCCNc1cccc2c1C(=O)c1ccccc1C2=O. The number of ether oxygens (including phenoxy) is 1. The Morgan fingerprint density at radius 1 is 0.839 bits per heavy atom. The third-order valence-corrected chi connectivity index (χ3v) is 5.22. The molecule has 1 aliphatic rings. The van der Waals surface area contributed by atoms with E-state index in [0.29, 0.717) is 34.4 Å². The van der Waals surface area contributed by atoms with Crippen LogP contribution < -0.4 is 11.1 Å². The number of carbonyl (C=O) groups is 3. The van der Waals surface area contributed by atoms with Crippen molar-refractivity contribution in [3.8, 4) is 0 Å². The average molecular weight is 414 g/mol. The van der Waals surface area contributed by atoms with Gasteiger partial charge >= 0.3 is 5.97 Å². The van der Waals surface area contributed by atoms with Crippen LogP contribution in [-0.2, 0) is 16.0 Å². The molecule has 0 saturated carbocycles. The average Bonchev–Trinajstić information content (AvgIpc) is 2.80. The van der Waals surface area contributed by atoms with Crippen molar-refractivity contribution in [1.29, 1.82) is 0 Å². The summed E-state index contributed by atoms with van der Waals surface area (Å²) in [6.45, 7) is 0.368. The van der Waals surface area contributed by atoms with Crippen molar-refractivity contribution < 1.29 is 19.1 Å². The van der Waals surface area contributed by atoms with Crippen molar-refractivity contribution >= 4 is 23.2 Å². The summed E-state index contributed by atoms with van der Waals surface area (Å²) in [5, 5.41) is 3.11. The molecule has 0 fully saturated rings. The zero-order chi connectivity index (χ0) is 21.8. The second-order valence-electron chi connectivity index (χ2n) is 7.32. The molecule has 0 unspecified atom stereocenters. The molecule has 6 heteroatoms. The maximum atomic E-state index is 13.0. The molecule has 156 valence electrons. The van der Waals surface area contributed by atoms with Crippen LogP contribution in [0.25, 0.3) is 0 Å². The van der Waals surface area contributed by atoms with Gasteiger partial charge in [-0.3, -0.25) is 14.4 Å². The van der Waals surface area contributed by atoms with Gasteiger partial charge in [0.1, 0.15) is 12.6 Å². The number of nitrogens with two attached hydrogens (primary N) is 1. The Morgan fingerprint density at radius 2 is 1.48 bits per heavy atom. The highest BCUT2D eigenvalue weighted by Crippen LogP contribution is 2.31. The molecule has 0 aromatic heterocycles. The van der Waals surface area contributed by atoms with Crippen LogP contribution in [0.3, 0.4) is 0 Å². The van der Waals surface area contributed by atoms with E-state index in [1.54, 1.807) is 42.5 Å². The third-order valence-electron chi connectivity index (χ3n) is 5.22. The lowest BCUT2D eigenvalue weighted by Crippen LogP contribution is -2.35. The first-order valence-corrected chi connectivity index (χ1v) is 10.1. The normalized spacial score (nSPS) is 13.2. The number of hydrogen-bond acceptors (Lipinski definition) is 6. The largest absolute Gasteiger partial charge is 0.463 e. The first-order valence-electron chi connectivity index (χ1n) is 10.1. The molecule has 0 amide bonds. The number of esters is 1. The van der Waals surface area contributed by atoms with Crippen molar-refractivity contribution in [2.24, 2.45) is 5.73 Å². The van der Waals surface area contributed by atoms with Crippen molar-refractivity contribution in [2.75, 3.05) is 18.5 Å². The van der Waals surface area contributed by atoms with E-state index >= 15 is 0 Å². The molecule has 0 spiro atoms. The summed E-state index contributed by atoms with van der Waals surface area (Å²) in [6, 6.07) is 20.7. The zero-order valence-electron chi connectivity index (χ0n) is 16.8. The molecule has 31 heavy (non-hydrogen) atoms. The van der Waals surface area contributed by atoms with Gasteiger partial charge in [-0.05, 0) is 18.1 Å². The quantitative estimate of drug-likeness (QED) is 0.356. The molecule has 1 aliphatic carbocycles. The Hall–Kier alpha value is -3.77. The monoisotopic (exact) mass is 414 g/mol. The first-order chi connectivity index (χ1) is 15.1. The van der Waals surface area contributed by atoms with Gasteiger partial charge in [-0.25, -0.2) is 0 Å². The number of anilines is 1. The summed E-state index contributed by atoms with van der Waals surface area (Å²) in [5.74, 6) is -0.858. The molecule has 3 N–H and O–H groups in total. The van der Waals surface area contributed by atoms with Crippen molar-refractivity contribution in [2.45, 2.75) is 12.5 Å². The molecule has 0 saturated heterocycles. The van der Waals surface area contributed by atoms with E-state index in [0.717, 1.165) is 5.56 Å². The summed E-state index contributed by atoms with van der Waals surface area (Å²) < 4.78 is 5.27. The van der Waals surface area contributed by atoms with Gasteiger partial charge in [0.15, 0.2) is 11.6 Å². The maximum absolute atomic E-state index is 13.0. The summed E-state index contributed by atoms with van der Waals surface area (Å²) in [6.07, 6.45) is 0.398. The first kappa shape index (κ1) is 20.5. The molecule has 1 atom stereocenters. The van der Waals surface area contributed by atoms with E-state index < -0.39 is 12.0 Å². The van der Waals surface area contributed by atoms with Gasteiger partial charge in [0.05, 0.1) is 5.56 Å². The molecular formula is C25H22N2O4. The fourth-order valence-electron chi connectivity index (χ4n) is 3.69. The number of rotatable bonds is 7. The zero-order valence-corrected chi connectivity index (χ0v) is 16.8. The summed E-state index contributed by atoms with van der Waals surface area (Å²) in [4.78, 5) is 37.9. The van der Waals surface area contributed by atoms with E-state index in [4.69, 9.17) is 10.5 Å². The highest BCUT2D eigenvalue weighted by molar-refractivity contribution is 6.30. The molecule has 3 aromatic rings. The van der Waals surface area contributed by atoms with Crippen LogP contribution in [0.2, 0.25) is 0 Å². The molecule has 6 nitrogen and oxygen atoms in total. The fraction of sp³-hybridized carbons (Fsp3) is 0.160. The third kappa shape index (κ3) is 4.25. The number of nitrogens with one attached hydrogen (secondary N) is 1. The second kappa shape index (κ2) is 8.93. The van der Waals surface area contributed by atoms with Crippen LogP contribution in [0.4, 0.5) is 5.69 Å². The van der Waals surface area contributed by atoms with Crippen LogP contribution in [0.15, 0.2) is 72.8 Å². The van der Waals surface area contributed by atoms with E-state index in [1.807, 2.05) is 30.3 Å². The van der Waals surface area contributed by atoms with Gasteiger partial charge < -0.3 is 15.8 Å². The van der Waals surface area contributed by atoms with Crippen LogP contribution >= 0.6 is 0 Å². The highest BCUT2D eigenvalue weighted by atomic mass is 16.5. The predicted molar refractivity (Wildman–Crippen MR) is 117 cm³/mol. The maximum Gasteiger partial charge on any atom is 0.323 e. The molecule has 0 heterocycles. The molecule has 0 radical (unpaired) electrons. The lowest BCUT2D eigenvalue weighted by molar-refractivity contribution is -0.144. The lowest BCUT2D eigenvalue weighted by atomic mass is 9.83. The van der Waals surface area contributed by atoms with E-state index in [2.05, 4.69) is 5.32 Å². The highest BCUT2D eigenvalue weighted by Gasteiger charge is 2.31. The van der Waals surface area contributed by atoms with Gasteiger partial charge in [-0.15, -0.1) is 0 Å². The van der Waals surface area contributed by atoms with E-state index in [9.17, 15) is 14.4 Å². The number of ketones is 2. The summed E-state index contributed by atoms with van der Waals surface area (Å²) in [7, 11) is 0. The smallest absolute Gasteiger partial charge is 0.323 e. The second-order valence-corrected chi connectivity index (χ2v) is 7.32. The Kier molecular flexibility index (Phi) is 5.91. The molecule has 4 rings (SSSR count). The predicted octanol–water partition coefficient (Wildman–Crippen LogP) is 2.99. The van der Waals surface area contributed by atoms with Gasteiger partial charge in [0, 0.05) is 28.9 Å². The van der Waals surface area contributed by atoms with Gasteiger partial charge in [-0.2, -0.15) is 0 Å². The minimum absolute atomic E-state index is 0.0870. The Morgan fingerprint density at radius 3 is 2.23 bits per heavy atom. The molecule has 0 bridgehead atoms. The van der Waals surface area contributed by atoms with Crippen molar-refractivity contribution in [3.63, 3.8) is 0 Å². The Labute approximate surface area is 180 Å². The number of carbonyl (C=O) groups excluding carboxylic acids is 3. The van der Waals surface area contributed by atoms with Gasteiger partial charge in [0.2, 0.25) is 0 Å². The minimum atomic E-state index is -0.748. The van der Waals surface area contributed by atoms with Crippen molar-refractivity contribution in [3.05, 3.63) is 101 Å². The molecule has 0 aliphatic heterocycles. The minimum Gasteiger partial charge on any atom is -0.463 e. The standard InChI is InChI=1S/C25H22N2O4/c26-20(15-16-7-2-1-3-8-16)25(30)31-14-13-27-21-12-6-11-19-22(21)24(29)18-10-5-4-9-17(18)23(19)28/h1-12,20,27H,13-15,26H2/t20-/m0/s1. The number of benzene rings is 3. The topological polar surface area (TPSA) is 98.5 Å².